The van der Waals surface area contributed by atoms with Crippen LogP contribution in [0.5, 0.6) is 6.01 Å². The van der Waals surface area contributed by atoms with Crippen molar-refractivity contribution < 1.29 is 53.9 Å². The Morgan fingerprint density at radius 3 is 1.83 bits per heavy atom. The number of benzene rings is 2. The quantitative estimate of drug-likeness (QED) is 0.0456. The molecule has 2 aromatic carbocycles. The molecule has 0 fully saturated rings. The van der Waals surface area contributed by atoms with E-state index in [1.54, 1.807) is 0 Å². The number of aromatic nitrogens is 6. The summed E-state index contributed by atoms with van der Waals surface area (Å²) in [6.45, 7) is -0.962. The van der Waals surface area contributed by atoms with Gasteiger partial charge in [-0.05, 0) is 35.4 Å². The van der Waals surface area contributed by atoms with E-state index in [2.05, 4.69) is 45.9 Å². The number of ether oxygens (including phenoxy) is 1. The maximum absolute atomic E-state index is 12.4. The second-order valence-electron chi connectivity index (χ2n) is 10.5. The molecule has 53 heavy (non-hydrogen) atoms. The average molecular weight is 801 g/mol. The van der Waals surface area contributed by atoms with Gasteiger partial charge in [-0.1, -0.05) is 24.3 Å². The minimum Gasteiger partial charge on any atom is -0.467 e. The highest BCUT2D eigenvalue weighted by Gasteiger charge is 2.19. The van der Waals surface area contributed by atoms with Gasteiger partial charge in [0.25, 0.3) is 30.4 Å². The number of aliphatic hydroxyl groups excluding tert-OH is 2. The summed E-state index contributed by atoms with van der Waals surface area (Å²) in [5.74, 6) is -1.36. The zero-order valence-electron chi connectivity index (χ0n) is 27.3. The van der Waals surface area contributed by atoms with Crippen molar-refractivity contribution in [3.05, 3.63) is 58.0 Å². The summed E-state index contributed by atoms with van der Waals surface area (Å²) in [5, 5.41) is 26.5. The van der Waals surface area contributed by atoms with Gasteiger partial charge in [0.1, 0.15) is 9.79 Å². The first-order valence-electron chi connectivity index (χ1n) is 14.8. The van der Waals surface area contributed by atoms with E-state index in [9.17, 15) is 49.4 Å². The molecule has 4 aromatic rings. The Bertz CT molecular complexity index is 2370. The molecule has 0 unspecified atom stereocenters. The molecule has 286 valence electrons. The molecule has 23 nitrogen and oxygen atoms in total. The molecule has 2 aromatic heterocycles. The molecule has 2 heterocycles. The smallest absolute Gasteiger partial charge is 0.351 e. The number of rotatable bonds is 18. The molecule has 0 aliphatic heterocycles. The van der Waals surface area contributed by atoms with Crippen LogP contribution in [-0.2, 0) is 30.4 Å². The van der Waals surface area contributed by atoms with Gasteiger partial charge in [-0.2, -0.15) is 50.2 Å². The van der Waals surface area contributed by atoms with Crippen molar-refractivity contribution in [2.75, 3.05) is 66.6 Å². The van der Waals surface area contributed by atoms with Crippen LogP contribution in [-0.4, -0.2) is 125 Å². The molecule has 0 aliphatic carbocycles. The van der Waals surface area contributed by atoms with Crippen molar-refractivity contribution in [1.29, 1.82) is 0 Å². The molecule has 4 rings (SSSR count). The Morgan fingerprint density at radius 1 is 0.774 bits per heavy atom. The molecule has 0 bridgehead atoms. The summed E-state index contributed by atoms with van der Waals surface area (Å²) in [6.07, 6.45) is 2.30. The molecule has 0 amide bonds. The van der Waals surface area contributed by atoms with E-state index in [4.69, 9.17) is 9.29 Å². The first-order valence-corrected chi connectivity index (χ1v) is 19.3. The highest BCUT2D eigenvalue weighted by molar-refractivity contribution is 7.86. The van der Waals surface area contributed by atoms with E-state index in [0.29, 0.717) is 0 Å². The Morgan fingerprint density at radius 2 is 1.32 bits per heavy atom. The van der Waals surface area contributed by atoms with Gasteiger partial charge in [0.2, 0.25) is 23.8 Å². The van der Waals surface area contributed by atoms with Crippen molar-refractivity contribution in [3.8, 4) is 6.01 Å². The standard InChI is InChI=1S/C27H32N10O13S3/c1-50-27-34-22(28-8-13-51(41,42)43)31-23(35-27)29-18-6-4-16(20(14-18)52(44,45)46)2-3-17-5-7-19(15-21(17)53(47,48)49)30-24-32-25(36-26(40)33-24)37(9-11-38)10-12-39/h2-7,14-15,38-39H,8-13H2,1H3,(H,41,42,43)(H,44,45,46)(H,47,48,49)(H2,28,29,31,34,35)(H2,30,32,33,36,40)/b3-2+. The molecule has 0 radical (unpaired) electrons. The van der Waals surface area contributed by atoms with Gasteiger partial charge in [-0.25, -0.2) is 4.79 Å². The van der Waals surface area contributed by atoms with Crippen molar-refractivity contribution in [1.82, 2.24) is 29.9 Å². The van der Waals surface area contributed by atoms with E-state index in [1.165, 1.54) is 36.3 Å². The Labute approximate surface area is 301 Å². The molecular formula is C27H32N10O13S3. The molecule has 9 N–H and O–H groups in total. The number of H-pyrrole nitrogens is 1. The monoisotopic (exact) mass is 800 g/mol. The fourth-order valence-electron chi connectivity index (χ4n) is 4.39. The van der Waals surface area contributed by atoms with Gasteiger partial charge in [0.15, 0.2) is 0 Å². The largest absolute Gasteiger partial charge is 0.467 e. The molecule has 0 saturated heterocycles. The molecular weight excluding hydrogens is 769 g/mol. The van der Waals surface area contributed by atoms with E-state index in [0.717, 1.165) is 24.3 Å². The summed E-state index contributed by atoms with van der Waals surface area (Å²) in [6, 6.07) is 6.97. The van der Waals surface area contributed by atoms with Crippen molar-refractivity contribution >= 4 is 77.7 Å². The molecule has 0 saturated carbocycles. The zero-order chi connectivity index (χ0) is 39.0. The van der Waals surface area contributed by atoms with E-state index >= 15 is 0 Å². The number of nitrogens with one attached hydrogen (secondary N) is 4. The predicted molar refractivity (Wildman–Crippen MR) is 188 cm³/mol. The lowest BCUT2D eigenvalue weighted by atomic mass is 10.1. The lowest BCUT2D eigenvalue weighted by molar-refractivity contribution is 0.280. The fraction of sp³-hybridized carbons (Fsp3) is 0.259. The van der Waals surface area contributed by atoms with Crippen LogP contribution >= 0.6 is 0 Å². The number of hydrogen-bond acceptors (Lipinski definition) is 19. The van der Waals surface area contributed by atoms with Crippen LogP contribution in [0, 0.1) is 0 Å². The van der Waals surface area contributed by atoms with Crippen LogP contribution in [0.15, 0.2) is 51.0 Å². The number of nitrogens with zero attached hydrogens (tertiary/aromatic N) is 6. The van der Waals surface area contributed by atoms with Crippen LogP contribution < -0.4 is 31.3 Å². The second kappa shape index (κ2) is 17.0. The van der Waals surface area contributed by atoms with Gasteiger partial charge in [0.05, 0.1) is 26.1 Å². The first kappa shape index (κ1) is 40.4. The van der Waals surface area contributed by atoms with Crippen molar-refractivity contribution in [3.63, 3.8) is 0 Å². The van der Waals surface area contributed by atoms with Crippen LogP contribution in [0.1, 0.15) is 11.1 Å². The Kier molecular flexibility index (Phi) is 13.0. The average Bonchev–Trinajstić information content (AvgIpc) is 3.06. The summed E-state index contributed by atoms with van der Waals surface area (Å²) in [7, 11) is -12.9. The lowest BCUT2D eigenvalue weighted by Gasteiger charge is -2.20. The van der Waals surface area contributed by atoms with Crippen LogP contribution in [0.4, 0.5) is 35.2 Å². The highest BCUT2D eigenvalue weighted by atomic mass is 32.2. The fourth-order valence-corrected chi connectivity index (χ4v) is 6.17. The van der Waals surface area contributed by atoms with Crippen LogP contribution in [0.3, 0.4) is 0 Å². The Balaban J connectivity index is 1.63. The van der Waals surface area contributed by atoms with Gasteiger partial charge in [-0.3, -0.25) is 18.6 Å². The lowest BCUT2D eigenvalue weighted by Crippen LogP contribution is -2.33. The summed E-state index contributed by atoms with van der Waals surface area (Å²) in [5.41, 5.74) is -1.05. The molecule has 0 atom stereocenters. The third-order valence-electron chi connectivity index (χ3n) is 6.65. The molecule has 26 heteroatoms. The van der Waals surface area contributed by atoms with E-state index in [-0.39, 0.29) is 85.2 Å². The predicted octanol–water partition coefficient (Wildman–Crippen LogP) is -0.400. The molecule has 0 aliphatic rings. The minimum atomic E-state index is -4.91. The topological polar surface area (TPSA) is 349 Å². The SMILES string of the molecule is COc1nc(NCCS(=O)(=O)O)nc(Nc2ccc(/C=C/c3ccc(Nc4nc(N(CCO)CCO)nc(=O)[nH]4)cc3S(=O)(=O)O)c(S(=O)(=O)O)c2)n1. The Hall–Kier alpha value is -5.35. The second-order valence-corrected chi connectivity index (χ2v) is 14.8. The maximum atomic E-state index is 12.4. The van der Waals surface area contributed by atoms with Gasteiger partial charge in [-0.15, -0.1) is 0 Å². The summed E-state index contributed by atoms with van der Waals surface area (Å²) < 4.78 is 105. The maximum Gasteiger partial charge on any atom is 0.351 e. The number of aromatic amines is 1. The normalized spacial score (nSPS) is 12.1. The van der Waals surface area contributed by atoms with Gasteiger partial charge < -0.3 is 35.8 Å². The molecule has 0 spiro atoms. The van der Waals surface area contributed by atoms with Crippen molar-refractivity contribution in [2.45, 2.75) is 9.79 Å². The summed E-state index contributed by atoms with van der Waals surface area (Å²) in [4.78, 5) is 34.3. The van der Waals surface area contributed by atoms with E-state index in [1.807, 2.05) is 0 Å². The number of hydrogen-bond donors (Lipinski definition) is 9. The van der Waals surface area contributed by atoms with Crippen molar-refractivity contribution in [2.24, 2.45) is 0 Å². The van der Waals surface area contributed by atoms with E-state index < -0.39 is 51.6 Å². The third-order valence-corrected chi connectivity index (χ3v) is 9.18. The van der Waals surface area contributed by atoms with Gasteiger partial charge in [0, 0.05) is 31.0 Å². The first-order chi connectivity index (χ1) is 24.9. The minimum absolute atomic E-state index is 0.00706. The van der Waals surface area contributed by atoms with Crippen LogP contribution in [0.2, 0.25) is 0 Å². The highest BCUT2D eigenvalue weighted by Crippen LogP contribution is 2.28. The zero-order valence-corrected chi connectivity index (χ0v) is 29.7. The summed E-state index contributed by atoms with van der Waals surface area (Å²) >= 11 is 0. The number of anilines is 6. The van der Waals surface area contributed by atoms with Crippen LogP contribution in [0.25, 0.3) is 12.2 Å². The number of aliphatic hydroxyl groups is 2. The number of methoxy groups -OCH3 is 1. The van der Waals surface area contributed by atoms with Gasteiger partial charge >= 0.3 is 11.7 Å². The third kappa shape index (κ3) is 11.8.